The fraction of sp³-hybridized carbons (Fsp3) is 0.571. The van der Waals surface area contributed by atoms with Crippen LogP contribution < -0.4 is 9.64 Å². The molecule has 1 aliphatic carbocycles. The van der Waals surface area contributed by atoms with Crippen LogP contribution in [0.3, 0.4) is 0 Å². The van der Waals surface area contributed by atoms with Crippen molar-refractivity contribution in [3.8, 4) is 5.75 Å². The van der Waals surface area contributed by atoms with Gasteiger partial charge in [0.05, 0.1) is 12.3 Å². The quantitative estimate of drug-likeness (QED) is 0.753. The molecule has 0 atom stereocenters. The lowest BCUT2D eigenvalue weighted by atomic mass is 10.2. The minimum absolute atomic E-state index is 0.569. The highest BCUT2D eigenvalue weighted by molar-refractivity contribution is 5.59. The average Bonchev–Trinajstić information content (AvgIpc) is 3.09. The first-order chi connectivity index (χ1) is 7.68. The van der Waals surface area contributed by atoms with E-state index in [4.69, 9.17) is 4.74 Å². The molecule has 2 rings (SSSR count). The number of nitrogens with zero attached hydrogens (tertiary/aromatic N) is 1. The molecular formula is C14H21NO. The van der Waals surface area contributed by atoms with Gasteiger partial charge in [-0.05, 0) is 30.9 Å². The van der Waals surface area contributed by atoms with Crippen molar-refractivity contribution in [2.24, 2.45) is 5.92 Å². The highest BCUT2D eigenvalue weighted by atomic mass is 16.5. The van der Waals surface area contributed by atoms with Gasteiger partial charge >= 0.3 is 0 Å². The van der Waals surface area contributed by atoms with Gasteiger partial charge in [-0.1, -0.05) is 26.0 Å². The van der Waals surface area contributed by atoms with E-state index >= 15 is 0 Å². The topological polar surface area (TPSA) is 12.5 Å². The molecular weight excluding hydrogens is 198 g/mol. The molecule has 1 aromatic carbocycles. The molecule has 1 fully saturated rings. The zero-order chi connectivity index (χ0) is 11.5. The van der Waals surface area contributed by atoms with Gasteiger partial charge in [0.1, 0.15) is 5.75 Å². The van der Waals surface area contributed by atoms with E-state index in [2.05, 4.69) is 44.0 Å². The second-order valence-electron chi connectivity index (χ2n) is 5.01. The van der Waals surface area contributed by atoms with Crippen molar-refractivity contribution in [3.63, 3.8) is 0 Å². The predicted molar refractivity (Wildman–Crippen MR) is 68.2 cm³/mol. The summed E-state index contributed by atoms with van der Waals surface area (Å²) >= 11 is 0. The zero-order valence-electron chi connectivity index (χ0n) is 10.4. The minimum atomic E-state index is 0.569. The highest BCUT2D eigenvalue weighted by Crippen LogP contribution is 2.35. The van der Waals surface area contributed by atoms with Crippen LogP contribution in [-0.2, 0) is 0 Å². The molecule has 1 aromatic rings. The van der Waals surface area contributed by atoms with E-state index in [-0.39, 0.29) is 0 Å². The Labute approximate surface area is 98.2 Å². The van der Waals surface area contributed by atoms with Gasteiger partial charge in [-0.2, -0.15) is 0 Å². The fourth-order valence-electron chi connectivity index (χ4n) is 1.79. The molecule has 0 N–H and O–H groups in total. The molecule has 0 saturated heterocycles. The summed E-state index contributed by atoms with van der Waals surface area (Å²) in [6.07, 6.45) is 2.63. The number of hydrogen-bond donors (Lipinski definition) is 0. The number of rotatable bonds is 5. The maximum atomic E-state index is 5.86. The molecule has 0 spiro atoms. The number of ether oxygens (including phenoxy) is 1. The van der Waals surface area contributed by atoms with E-state index in [9.17, 15) is 0 Å². The van der Waals surface area contributed by atoms with Crippen LogP contribution in [0.2, 0.25) is 0 Å². The van der Waals surface area contributed by atoms with E-state index in [1.807, 2.05) is 6.07 Å². The van der Waals surface area contributed by atoms with E-state index in [0.29, 0.717) is 5.92 Å². The van der Waals surface area contributed by atoms with Crippen molar-refractivity contribution in [3.05, 3.63) is 24.3 Å². The van der Waals surface area contributed by atoms with E-state index < -0.39 is 0 Å². The van der Waals surface area contributed by atoms with E-state index in [0.717, 1.165) is 18.4 Å². The Morgan fingerprint density at radius 3 is 2.62 bits per heavy atom. The van der Waals surface area contributed by atoms with Crippen LogP contribution in [0.15, 0.2) is 24.3 Å². The Morgan fingerprint density at radius 2 is 2.00 bits per heavy atom. The second kappa shape index (κ2) is 4.77. The lowest BCUT2D eigenvalue weighted by molar-refractivity contribution is 0.271. The number of benzene rings is 1. The fourth-order valence-corrected chi connectivity index (χ4v) is 1.79. The summed E-state index contributed by atoms with van der Waals surface area (Å²) in [6.45, 7) is 5.13. The monoisotopic (exact) mass is 219 g/mol. The Balaban J connectivity index is 2.09. The first-order valence-corrected chi connectivity index (χ1v) is 6.13. The van der Waals surface area contributed by atoms with Gasteiger partial charge in [0.25, 0.3) is 0 Å². The number of para-hydroxylation sites is 2. The molecule has 88 valence electrons. The van der Waals surface area contributed by atoms with Gasteiger partial charge in [0.15, 0.2) is 0 Å². The van der Waals surface area contributed by atoms with Gasteiger partial charge in [-0.3, -0.25) is 0 Å². The van der Waals surface area contributed by atoms with Gasteiger partial charge in [0.2, 0.25) is 0 Å². The average molecular weight is 219 g/mol. The van der Waals surface area contributed by atoms with Crippen molar-refractivity contribution in [2.45, 2.75) is 32.7 Å². The Hall–Kier alpha value is -1.18. The van der Waals surface area contributed by atoms with Crippen LogP contribution in [0.5, 0.6) is 5.75 Å². The summed E-state index contributed by atoms with van der Waals surface area (Å²) in [5, 5.41) is 0. The lowest BCUT2D eigenvalue weighted by Crippen LogP contribution is -2.20. The molecule has 2 nitrogen and oxygen atoms in total. The van der Waals surface area contributed by atoms with Crippen LogP contribution in [0.1, 0.15) is 26.7 Å². The van der Waals surface area contributed by atoms with Gasteiger partial charge in [-0.15, -0.1) is 0 Å². The lowest BCUT2D eigenvalue weighted by Gasteiger charge is -2.22. The molecule has 1 aliphatic rings. The summed E-state index contributed by atoms with van der Waals surface area (Å²) in [5.41, 5.74) is 1.23. The SMILES string of the molecule is CC(C)COc1ccccc1N(C)C1CC1. The third kappa shape index (κ3) is 2.69. The van der Waals surface area contributed by atoms with Crippen molar-refractivity contribution in [2.75, 3.05) is 18.6 Å². The molecule has 0 bridgehead atoms. The van der Waals surface area contributed by atoms with Gasteiger partial charge in [-0.25, -0.2) is 0 Å². The largest absolute Gasteiger partial charge is 0.491 e. The molecule has 16 heavy (non-hydrogen) atoms. The third-order valence-electron chi connectivity index (χ3n) is 2.91. The molecule has 0 radical (unpaired) electrons. The van der Waals surface area contributed by atoms with Crippen LogP contribution in [0.4, 0.5) is 5.69 Å². The first kappa shape index (κ1) is 11.3. The molecule has 0 unspecified atom stereocenters. The second-order valence-corrected chi connectivity index (χ2v) is 5.01. The van der Waals surface area contributed by atoms with Crippen LogP contribution in [0.25, 0.3) is 0 Å². The molecule has 0 aromatic heterocycles. The first-order valence-electron chi connectivity index (χ1n) is 6.13. The van der Waals surface area contributed by atoms with Crippen LogP contribution >= 0.6 is 0 Å². The Kier molecular flexibility index (Phi) is 3.37. The minimum Gasteiger partial charge on any atom is -0.491 e. The maximum Gasteiger partial charge on any atom is 0.142 e. The number of hydrogen-bond acceptors (Lipinski definition) is 2. The smallest absolute Gasteiger partial charge is 0.142 e. The van der Waals surface area contributed by atoms with Crippen molar-refractivity contribution in [1.29, 1.82) is 0 Å². The molecule has 1 saturated carbocycles. The molecule has 0 aliphatic heterocycles. The maximum absolute atomic E-state index is 5.86. The zero-order valence-corrected chi connectivity index (χ0v) is 10.4. The number of anilines is 1. The summed E-state index contributed by atoms with van der Waals surface area (Å²) in [4.78, 5) is 2.34. The molecule has 0 amide bonds. The molecule has 0 heterocycles. The summed E-state index contributed by atoms with van der Waals surface area (Å²) in [5.74, 6) is 1.59. The predicted octanol–water partition coefficient (Wildman–Crippen LogP) is 3.32. The summed E-state index contributed by atoms with van der Waals surface area (Å²) < 4.78 is 5.86. The summed E-state index contributed by atoms with van der Waals surface area (Å²) in [6, 6.07) is 9.06. The molecule has 2 heteroatoms. The third-order valence-corrected chi connectivity index (χ3v) is 2.91. The van der Waals surface area contributed by atoms with E-state index in [1.54, 1.807) is 0 Å². The van der Waals surface area contributed by atoms with Crippen molar-refractivity contribution >= 4 is 5.69 Å². The summed E-state index contributed by atoms with van der Waals surface area (Å²) in [7, 11) is 2.16. The van der Waals surface area contributed by atoms with Crippen LogP contribution in [-0.4, -0.2) is 19.7 Å². The standard InChI is InChI=1S/C14H21NO/c1-11(2)10-16-14-7-5-4-6-13(14)15(3)12-8-9-12/h4-7,11-12H,8-10H2,1-3H3. The Bertz CT molecular complexity index is 344. The Morgan fingerprint density at radius 1 is 1.31 bits per heavy atom. The van der Waals surface area contributed by atoms with E-state index in [1.165, 1.54) is 18.5 Å². The van der Waals surface area contributed by atoms with Crippen LogP contribution in [0, 0.1) is 5.92 Å². The van der Waals surface area contributed by atoms with Crippen molar-refractivity contribution < 1.29 is 4.74 Å². The van der Waals surface area contributed by atoms with Gasteiger partial charge < -0.3 is 9.64 Å². The van der Waals surface area contributed by atoms with Crippen molar-refractivity contribution in [1.82, 2.24) is 0 Å². The van der Waals surface area contributed by atoms with Gasteiger partial charge in [0, 0.05) is 13.1 Å². The highest BCUT2D eigenvalue weighted by Gasteiger charge is 2.27. The normalized spacial score (nSPS) is 15.2.